The number of rotatable bonds is 4. The van der Waals surface area contributed by atoms with Crippen molar-refractivity contribution in [3.05, 3.63) is 35.4 Å². The molecule has 1 aromatic rings. The molecule has 1 aromatic carbocycles. The molecule has 2 aliphatic rings. The van der Waals surface area contributed by atoms with Crippen LogP contribution in [0.4, 0.5) is 0 Å². The van der Waals surface area contributed by atoms with Gasteiger partial charge < -0.3 is 15.0 Å². The van der Waals surface area contributed by atoms with Gasteiger partial charge in [0.2, 0.25) is 5.91 Å². The van der Waals surface area contributed by atoms with Gasteiger partial charge in [-0.15, -0.1) is 0 Å². The van der Waals surface area contributed by atoms with E-state index in [-0.39, 0.29) is 5.91 Å². The Morgan fingerprint density at radius 2 is 2.12 bits per heavy atom. The maximum Gasteiger partial charge on any atom is 0.224 e. The lowest BCUT2D eigenvalue weighted by atomic mass is 9.84. The van der Waals surface area contributed by atoms with Crippen molar-refractivity contribution in [3.63, 3.8) is 0 Å². The number of hydrogen-bond donors (Lipinski definition) is 1. The fourth-order valence-electron chi connectivity index (χ4n) is 3.79. The van der Waals surface area contributed by atoms with Crippen LogP contribution in [0.25, 0.3) is 0 Å². The Morgan fingerprint density at radius 1 is 1.33 bits per heavy atom. The standard InChI is InChI=1S/C20H30N2O2/c1-15(2)16-4-3-5-17(12-16)18-6-7-21-19(13-18)14-20(23)22-8-10-24-11-9-22/h3-5,12,15,18-19,21H,6-11,13-14H2,1-2H3. The Morgan fingerprint density at radius 3 is 2.88 bits per heavy atom. The second kappa shape index (κ2) is 8.13. The second-order valence-electron chi connectivity index (χ2n) is 7.39. The van der Waals surface area contributed by atoms with Gasteiger partial charge >= 0.3 is 0 Å². The first kappa shape index (κ1) is 17.4. The topological polar surface area (TPSA) is 41.6 Å². The Kier molecular flexibility index (Phi) is 5.90. The lowest BCUT2D eigenvalue weighted by Crippen LogP contribution is -2.45. The molecule has 4 nitrogen and oxygen atoms in total. The van der Waals surface area contributed by atoms with Gasteiger partial charge in [0.15, 0.2) is 0 Å². The van der Waals surface area contributed by atoms with Crippen LogP contribution in [0.1, 0.15) is 56.1 Å². The zero-order chi connectivity index (χ0) is 16.9. The fraction of sp³-hybridized carbons (Fsp3) is 0.650. The molecule has 2 aliphatic heterocycles. The molecule has 1 N–H and O–H groups in total. The molecule has 4 heteroatoms. The number of nitrogens with zero attached hydrogens (tertiary/aromatic N) is 1. The first-order chi connectivity index (χ1) is 11.6. The zero-order valence-corrected chi connectivity index (χ0v) is 15.0. The number of ether oxygens (including phenoxy) is 1. The zero-order valence-electron chi connectivity index (χ0n) is 15.0. The molecule has 2 atom stereocenters. The van der Waals surface area contributed by atoms with Crippen LogP contribution < -0.4 is 5.32 Å². The van der Waals surface area contributed by atoms with Gasteiger partial charge in [0, 0.05) is 25.6 Å². The number of hydrogen-bond acceptors (Lipinski definition) is 3. The highest BCUT2D eigenvalue weighted by molar-refractivity contribution is 5.77. The third-order valence-corrected chi connectivity index (χ3v) is 5.33. The van der Waals surface area contributed by atoms with Gasteiger partial charge in [0.25, 0.3) is 0 Å². The Hall–Kier alpha value is -1.39. The molecular formula is C20H30N2O2. The highest BCUT2D eigenvalue weighted by atomic mass is 16.5. The summed E-state index contributed by atoms with van der Waals surface area (Å²) in [5.74, 6) is 1.39. The summed E-state index contributed by atoms with van der Waals surface area (Å²) in [4.78, 5) is 14.4. The molecule has 0 saturated carbocycles. The van der Waals surface area contributed by atoms with E-state index in [2.05, 4.69) is 43.4 Å². The molecular weight excluding hydrogens is 300 g/mol. The molecule has 24 heavy (non-hydrogen) atoms. The number of carbonyl (C=O) groups is 1. The average Bonchev–Trinajstić information content (AvgIpc) is 2.63. The van der Waals surface area contributed by atoms with E-state index in [1.54, 1.807) is 0 Å². The first-order valence-corrected chi connectivity index (χ1v) is 9.32. The van der Waals surface area contributed by atoms with Gasteiger partial charge in [0.1, 0.15) is 0 Å². The highest BCUT2D eigenvalue weighted by Crippen LogP contribution is 2.30. The summed E-state index contributed by atoms with van der Waals surface area (Å²) in [6.45, 7) is 8.31. The maximum atomic E-state index is 12.5. The summed E-state index contributed by atoms with van der Waals surface area (Å²) in [6, 6.07) is 9.31. The van der Waals surface area contributed by atoms with Gasteiger partial charge in [-0.2, -0.15) is 0 Å². The van der Waals surface area contributed by atoms with Crippen molar-refractivity contribution in [3.8, 4) is 0 Å². The van der Waals surface area contributed by atoms with Crippen molar-refractivity contribution in [2.45, 2.75) is 51.0 Å². The van der Waals surface area contributed by atoms with E-state index in [0.717, 1.165) is 32.5 Å². The molecule has 2 fully saturated rings. The SMILES string of the molecule is CC(C)c1cccc(C2CCNC(CC(=O)N3CCOCC3)C2)c1. The third kappa shape index (κ3) is 4.37. The van der Waals surface area contributed by atoms with Gasteiger partial charge in [-0.1, -0.05) is 38.1 Å². The minimum Gasteiger partial charge on any atom is -0.378 e. The summed E-state index contributed by atoms with van der Waals surface area (Å²) >= 11 is 0. The predicted molar refractivity (Wildman–Crippen MR) is 96.3 cm³/mol. The molecule has 0 spiro atoms. The number of amides is 1. The summed E-state index contributed by atoms with van der Waals surface area (Å²) in [7, 11) is 0. The molecule has 132 valence electrons. The maximum absolute atomic E-state index is 12.5. The Bertz CT molecular complexity index is 552. The molecule has 2 heterocycles. The van der Waals surface area contributed by atoms with E-state index >= 15 is 0 Å². The number of piperidine rings is 1. The number of carbonyl (C=O) groups excluding carboxylic acids is 1. The number of morpholine rings is 1. The fourth-order valence-corrected chi connectivity index (χ4v) is 3.79. The molecule has 0 aromatic heterocycles. The van der Waals surface area contributed by atoms with Crippen LogP contribution in [-0.4, -0.2) is 49.7 Å². The summed E-state index contributed by atoms with van der Waals surface area (Å²) < 4.78 is 5.34. The molecule has 0 bridgehead atoms. The van der Waals surface area contributed by atoms with Crippen molar-refractivity contribution >= 4 is 5.91 Å². The van der Waals surface area contributed by atoms with Crippen LogP contribution in [-0.2, 0) is 9.53 Å². The van der Waals surface area contributed by atoms with E-state index in [9.17, 15) is 4.79 Å². The lowest BCUT2D eigenvalue weighted by molar-refractivity contribution is -0.135. The molecule has 3 rings (SSSR count). The van der Waals surface area contributed by atoms with Crippen molar-refractivity contribution in [2.24, 2.45) is 0 Å². The average molecular weight is 330 g/mol. The number of nitrogens with one attached hydrogen (secondary N) is 1. The summed E-state index contributed by atoms with van der Waals surface area (Å²) in [6.07, 6.45) is 2.82. The molecule has 0 aliphatic carbocycles. The van der Waals surface area contributed by atoms with Gasteiger partial charge in [-0.3, -0.25) is 4.79 Å². The van der Waals surface area contributed by atoms with Gasteiger partial charge in [-0.05, 0) is 42.3 Å². The van der Waals surface area contributed by atoms with E-state index < -0.39 is 0 Å². The lowest BCUT2D eigenvalue weighted by Gasteiger charge is -2.33. The monoisotopic (exact) mass is 330 g/mol. The second-order valence-corrected chi connectivity index (χ2v) is 7.39. The van der Waals surface area contributed by atoms with Crippen LogP contribution >= 0.6 is 0 Å². The normalized spacial score (nSPS) is 25.0. The largest absolute Gasteiger partial charge is 0.378 e. The van der Waals surface area contributed by atoms with Crippen LogP contribution in [0.5, 0.6) is 0 Å². The summed E-state index contributed by atoms with van der Waals surface area (Å²) in [5, 5.41) is 3.55. The van der Waals surface area contributed by atoms with Crippen molar-refractivity contribution in [1.82, 2.24) is 10.2 Å². The van der Waals surface area contributed by atoms with Crippen molar-refractivity contribution in [2.75, 3.05) is 32.8 Å². The number of benzene rings is 1. The Balaban J connectivity index is 1.59. The minimum atomic E-state index is 0.271. The van der Waals surface area contributed by atoms with Crippen LogP contribution in [0.15, 0.2) is 24.3 Å². The van der Waals surface area contributed by atoms with Gasteiger partial charge in [-0.25, -0.2) is 0 Å². The van der Waals surface area contributed by atoms with E-state index in [1.807, 2.05) is 4.90 Å². The van der Waals surface area contributed by atoms with E-state index in [1.165, 1.54) is 11.1 Å². The van der Waals surface area contributed by atoms with E-state index in [4.69, 9.17) is 4.74 Å². The van der Waals surface area contributed by atoms with E-state index in [0.29, 0.717) is 37.5 Å². The van der Waals surface area contributed by atoms with Crippen LogP contribution in [0.2, 0.25) is 0 Å². The van der Waals surface area contributed by atoms with Crippen molar-refractivity contribution < 1.29 is 9.53 Å². The molecule has 1 amide bonds. The summed E-state index contributed by atoms with van der Waals surface area (Å²) in [5.41, 5.74) is 2.85. The smallest absolute Gasteiger partial charge is 0.224 e. The van der Waals surface area contributed by atoms with Crippen LogP contribution in [0.3, 0.4) is 0 Å². The predicted octanol–water partition coefficient (Wildman–Crippen LogP) is 2.89. The van der Waals surface area contributed by atoms with Crippen molar-refractivity contribution in [1.29, 1.82) is 0 Å². The first-order valence-electron chi connectivity index (χ1n) is 9.32. The van der Waals surface area contributed by atoms with Gasteiger partial charge in [0.05, 0.1) is 13.2 Å². The highest BCUT2D eigenvalue weighted by Gasteiger charge is 2.27. The molecule has 2 unspecified atom stereocenters. The third-order valence-electron chi connectivity index (χ3n) is 5.33. The minimum absolute atomic E-state index is 0.271. The quantitative estimate of drug-likeness (QED) is 0.923. The molecule has 0 radical (unpaired) electrons. The van der Waals surface area contributed by atoms with Crippen LogP contribution in [0, 0.1) is 0 Å². The molecule has 2 saturated heterocycles. The Labute approximate surface area is 145 Å².